The molecular formula is C14H11F2NO3. The van der Waals surface area contributed by atoms with Crippen LogP contribution in [0.2, 0.25) is 0 Å². The van der Waals surface area contributed by atoms with Gasteiger partial charge in [-0.05, 0) is 36.8 Å². The molecule has 0 aliphatic carbocycles. The molecule has 0 bridgehead atoms. The lowest BCUT2D eigenvalue weighted by atomic mass is 10.1. The molecular weight excluding hydrogens is 268 g/mol. The first kappa shape index (κ1) is 13.9. The van der Waals surface area contributed by atoms with Gasteiger partial charge in [-0.2, -0.15) is 0 Å². The van der Waals surface area contributed by atoms with Crippen LogP contribution >= 0.6 is 0 Å². The summed E-state index contributed by atoms with van der Waals surface area (Å²) < 4.78 is 31.7. The smallest absolute Gasteiger partial charge is 0.269 e. The van der Waals surface area contributed by atoms with E-state index in [9.17, 15) is 18.9 Å². The fourth-order valence-electron chi connectivity index (χ4n) is 1.73. The van der Waals surface area contributed by atoms with Crippen LogP contribution in [0.5, 0.6) is 5.75 Å². The number of non-ortho nitro benzene ring substituents is 1. The van der Waals surface area contributed by atoms with Crippen molar-refractivity contribution < 1.29 is 18.4 Å². The third-order valence-corrected chi connectivity index (χ3v) is 2.71. The lowest BCUT2D eigenvalue weighted by Crippen LogP contribution is -2.04. The summed E-state index contributed by atoms with van der Waals surface area (Å²) >= 11 is 0. The highest BCUT2D eigenvalue weighted by molar-refractivity contribution is 5.36. The van der Waals surface area contributed by atoms with Crippen molar-refractivity contribution in [2.75, 3.05) is 0 Å². The van der Waals surface area contributed by atoms with E-state index >= 15 is 0 Å². The van der Waals surface area contributed by atoms with Crippen molar-refractivity contribution in [1.82, 2.24) is 0 Å². The Bertz CT molecular complexity index is 609. The lowest BCUT2D eigenvalue weighted by Gasteiger charge is -2.15. The molecule has 0 aromatic heterocycles. The van der Waals surface area contributed by atoms with Crippen LogP contribution in [0.15, 0.2) is 42.5 Å². The molecule has 0 N–H and O–H groups in total. The quantitative estimate of drug-likeness (QED) is 0.627. The van der Waals surface area contributed by atoms with Gasteiger partial charge in [0, 0.05) is 18.2 Å². The zero-order valence-corrected chi connectivity index (χ0v) is 10.5. The van der Waals surface area contributed by atoms with Crippen LogP contribution in [0.25, 0.3) is 0 Å². The van der Waals surface area contributed by atoms with E-state index < -0.39 is 22.7 Å². The highest BCUT2D eigenvalue weighted by atomic mass is 19.1. The van der Waals surface area contributed by atoms with Gasteiger partial charge in [0.1, 0.15) is 23.5 Å². The summed E-state index contributed by atoms with van der Waals surface area (Å²) in [5.74, 6) is -0.980. The molecule has 0 saturated heterocycles. The normalized spacial score (nSPS) is 11.9. The van der Waals surface area contributed by atoms with Crippen molar-refractivity contribution in [2.45, 2.75) is 13.0 Å². The number of nitro benzene ring substituents is 1. The van der Waals surface area contributed by atoms with E-state index in [2.05, 4.69) is 0 Å². The average molecular weight is 279 g/mol. The lowest BCUT2D eigenvalue weighted by molar-refractivity contribution is -0.384. The summed E-state index contributed by atoms with van der Waals surface area (Å²) in [6, 6.07) is 8.61. The molecule has 2 rings (SSSR count). The SMILES string of the molecule is CC(Oc1ccc([N+](=O)[O-])cc1)c1cc(F)cc(F)c1. The van der Waals surface area contributed by atoms with Crippen LogP contribution < -0.4 is 4.74 Å². The Kier molecular flexibility index (Phi) is 3.93. The number of ether oxygens (including phenoxy) is 1. The number of rotatable bonds is 4. The fourth-order valence-corrected chi connectivity index (χ4v) is 1.73. The van der Waals surface area contributed by atoms with E-state index in [0.29, 0.717) is 11.3 Å². The molecule has 2 aromatic rings. The minimum atomic E-state index is -0.681. The third-order valence-electron chi connectivity index (χ3n) is 2.71. The van der Waals surface area contributed by atoms with E-state index in [1.807, 2.05) is 0 Å². The first-order valence-corrected chi connectivity index (χ1v) is 5.83. The second kappa shape index (κ2) is 5.64. The van der Waals surface area contributed by atoms with Crippen LogP contribution in [0.3, 0.4) is 0 Å². The molecule has 1 unspecified atom stereocenters. The van der Waals surface area contributed by atoms with E-state index in [4.69, 9.17) is 4.74 Å². The average Bonchev–Trinajstić information content (AvgIpc) is 2.38. The first-order chi connectivity index (χ1) is 9.45. The predicted molar refractivity (Wildman–Crippen MR) is 68.5 cm³/mol. The fraction of sp³-hybridized carbons (Fsp3) is 0.143. The van der Waals surface area contributed by atoms with Crippen LogP contribution in [-0.4, -0.2) is 4.92 Å². The summed E-state index contributed by atoms with van der Waals surface area (Å²) in [7, 11) is 0. The maximum atomic E-state index is 13.1. The van der Waals surface area contributed by atoms with Crippen LogP contribution in [-0.2, 0) is 0 Å². The molecule has 2 aromatic carbocycles. The molecule has 0 amide bonds. The monoisotopic (exact) mass is 279 g/mol. The number of nitro groups is 1. The number of nitrogens with zero attached hydrogens (tertiary/aromatic N) is 1. The van der Waals surface area contributed by atoms with Crippen molar-refractivity contribution in [3.63, 3.8) is 0 Å². The van der Waals surface area contributed by atoms with Gasteiger partial charge >= 0.3 is 0 Å². The zero-order valence-electron chi connectivity index (χ0n) is 10.5. The Morgan fingerprint density at radius 3 is 2.15 bits per heavy atom. The second-order valence-electron chi connectivity index (χ2n) is 4.21. The van der Waals surface area contributed by atoms with Gasteiger partial charge in [-0.25, -0.2) is 8.78 Å². The highest BCUT2D eigenvalue weighted by Gasteiger charge is 2.11. The van der Waals surface area contributed by atoms with Crippen molar-refractivity contribution in [3.8, 4) is 5.75 Å². The predicted octanol–water partition coefficient (Wildman–Crippen LogP) is 4.01. The summed E-state index contributed by atoms with van der Waals surface area (Å²) in [6.45, 7) is 1.63. The van der Waals surface area contributed by atoms with Gasteiger partial charge < -0.3 is 4.74 Å². The van der Waals surface area contributed by atoms with Gasteiger partial charge in [0.2, 0.25) is 0 Å². The molecule has 0 radical (unpaired) electrons. The summed E-state index contributed by atoms with van der Waals surface area (Å²) in [5, 5.41) is 10.5. The number of hydrogen-bond donors (Lipinski definition) is 0. The summed E-state index contributed by atoms with van der Waals surface area (Å²) in [5.41, 5.74) is 0.294. The summed E-state index contributed by atoms with van der Waals surface area (Å²) in [4.78, 5) is 9.99. The van der Waals surface area contributed by atoms with Crippen molar-refractivity contribution in [1.29, 1.82) is 0 Å². The van der Waals surface area contributed by atoms with Crippen molar-refractivity contribution in [2.24, 2.45) is 0 Å². The molecule has 6 heteroatoms. The zero-order chi connectivity index (χ0) is 14.7. The molecule has 0 spiro atoms. The number of hydrogen-bond acceptors (Lipinski definition) is 3. The molecule has 4 nitrogen and oxygen atoms in total. The van der Waals surface area contributed by atoms with E-state index in [0.717, 1.165) is 6.07 Å². The Morgan fingerprint density at radius 2 is 1.65 bits per heavy atom. The van der Waals surface area contributed by atoms with Gasteiger partial charge in [0.15, 0.2) is 0 Å². The summed E-state index contributed by atoms with van der Waals surface area (Å²) in [6.07, 6.45) is -0.582. The number of halogens is 2. The van der Waals surface area contributed by atoms with Crippen molar-refractivity contribution >= 4 is 5.69 Å². The Hall–Kier alpha value is -2.50. The van der Waals surface area contributed by atoms with Gasteiger partial charge in [0.05, 0.1) is 4.92 Å². The molecule has 20 heavy (non-hydrogen) atoms. The van der Waals surface area contributed by atoms with Gasteiger partial charge in [-0.15, -0.1) is 0 Å². The molecule has 104 valence electrons. The van der Waals surface area contributed by atoms with Crippen molar-refractivity contribution in [3.05, 3.63) is 69.8 Å². The van der Waals surface area contributed by atoms with Crippen LogP contribution in [0.1, 0.15) is 18.6 Å². The minimum absolute atomic E-state index is 0.0539. The molecule has 0 saturated carbocycles. The van der Waals surface area contributed by atoms with Gasteiger partial charge in [-0.3, -0.25) is 10.1 Å². The molecule has 0 heterocycles. The van der Waals surface area contributed by atoms with Crippen LogP contribution in [0, 0.1) is 21.7 Å². The second-order valence-corrected chi connectivity index (χ2v) is 4.21. The highest BCUT2D eigenvalue weighted by Crippen LogP contribution is 2.24. The Balaban J connectivity index is 2.14. The minimum Gasteiger partial charge on any atom is -0.486 e. The van der Waals surface area contributed by atoms with E-state index in [1.165, 1.54) is 36.4 Å². The third kappa shape index (κ3) is 3.28. The number of benzene rings is 2. The van der Waals surface area contributed by atoms with Crippen LogP contribution in [0.4, 0.5) is 14.5 Å². The van der Waals surface area contributed by atoms with E-state index in [1.54, 1.807) is 6.92 Å². The standard InChI is InChI=1S/C14H11F2NO3/c1-9(10-6-11(15)8-12(16)7-10)20-14-4-2-13(3-5-14)17(18)19/h2-9H,1H3. The first-order valence-electron chi connectivity index (χ1n) is 5.83. The largest absolute Gasteiger partial charge is 0.486 e. The molecule has 0 aliphatic heterocycles. The van der Waals surface area contributed by atoms with Gasteiger partial charge in [0.25, 0.3) is 5.69 Å². The Morgan fingerprint density at radius 1 is 1.10 bits per heavy atom. The molecule has 0 fully saturated rings. The molecule has 1 atom stereocenters. The Labute approximate surface area is 113 Å². The maximum Gasteiger partial charge on any atom is 0.269 e. The van der Waals surface area contributed by atoms with E-state index in [-0.39, 0.29) is 5.69 Å². The molecule has 0 aliphatic rings. The maximum absolute atomic E-state index is 13.1. The topological polar surface area (TPSA) is 52.4 Å². The van der Waals surface area contributed by atoms with Gasteiger partial charge in [-0.1, -0.05) is 0 Å².